The molecule has 34 heteroatoms. The van der Waals surface area contributed by atoms with Gasteiger partial charge < -0.3 is 127 Å². The van der Waals surface area contributed by atoms with Gasteiger partial charge in [0.2, 0.25) is 53.2 Å². The SMILES string of the molecule is CC(=O)NC1C(OCCCCCC(=O)NCCCCC(NC(=O)CCCCCOC(OC(CO)[C@@H](C)O)[C@H](CO)NC(C)=O)C(=O)NC(CCCCNC(=O)CCCCCOC2OC(CO)C(O)C(O)C2NC(C)=O)C(=O)NCCCCCC(=O)NC(C)(C)CC(C)(C)OC2CCC2)OC(CO)C(O)C1O. The Kier molecular flexibility index (Phi) is 46.4. The van der Waals surface area contributed by atoms with Gasteiger partial charge in [-0.3, -0.25) is 43.2 Å². The molecule has 0 aromatic carbocycles. The van der Waals surface area contributed by atoms with Crippen molar-refractivity contribution in [1.82, 2.24) is 47.9 Å². The van der Waals surface area contributed by atoms with E-state index < -0.39 is 171 Å². The molecule has 0 aromatic heterocycles. The number of rotatable bonds is 57. The molecule has 18 N–H and O–H groups in total. The number of carbonyl (C=O) groups is 9. The molecule has 1 saturated carbocycles. The largest absolute Gasteiger partial charge is 0.394 e. The minimum atomic E-state index is -1.45. The summed E-state index contributed by atoms with van der Waals surface area (Å²) in [6, 6.07) is -5.39. The summed E-state index contributed by atoms with van der Waals surface area (Å²) in [5.41, 5.74) is -0.927. The summed E-state index contributed by atoms with van der Waals surface area (Å²) in [6.07, 6.45) is -1.28. The topological polar surface area (TPSA) is 509 Å². The molecular formula is C72H131N9O25. The van der Waals surface area contributed by atoms with Crippen LogP contribution in [0.1, 0.15) is 222 Å². The summed E-state index contributed by atoms with van der Waals surface area (Å²) in [7, 11) is 0. The summed E-state index contributed by atoms with van der Waals surface area (Å²) in [5, 5.41) is 116. The van der Waals surface area contributed by atoms with E-state index in [0.717, 1.165) is 19.3 Å². The van der Waals surface area contributed by atoms with Crippen LogP contribution in [0.4, 0.5) is 0 Å². The maximum atomic E-state index is 14.5. The Morgan fingerprint density at radius 2 is 0.953 bits per heavy atom. The van der Waals surface area contributed by atoms with Crippen molar-refractivity contribution in [2.75, 3.05) is 65.9 Å². The van der Waals surface area contributed by atoms with Gasteiger partial charge >= 0.3 is 0 Å². The first kappa shape index (κ1) is 94.8. The van der Waals surface area contributed by atoms with Crippen molar-refractivity contribution >= 4 is 53.2 Å². The number of aliphatic hydroxyl groups excluding tert-OH is 9. The predicted molar refractivity (Wildman–Crippen MR) is 385 cm³/mol. The highest BCUT2D eigenvalue weighted by Crippen LogP contribution is 2.32. The average molecular weight is 1520 g/mol. The molecule has 0 radical (unpaired) electrons. The van der Waals surface area contributed by atoms with E-state index in [-0.39, 0.29) is 102 Å². The van der Waals surface area contributed by atoms with Crippen LogP contribution >= 0.6 is 0 Å². The van der Waals surface area contributed by atoms with Crippen molar-refractivity contribution in [3.8, 4) is 0 Å². The highest BCUT2D eigenvalue weighted by Gasteiger charge is 2.47. The molecule has 1 aliphatic carbocycles. The van der Waals surface area contributed by atoms with E-state index >= 15 is 0 Å². The predicted octanol–water partition coefficient (Wildman–Crippen LogP) is -0.962. The number of hydrogen-bond acceptors (Lipinski definition) is 25. The van der Waals surface area contributed by atoms with E-state index in [1.807, 2.05) is 27.7 Å². The summed E-state index contributed by atoms with van der Waals surface area (Å²) < 4.78 is 40.6. The van der Waals surface area contributed by atoms with Gasteiger partial charge in [0.15, 0.2) is 18.9 Å². The number of amides is 9. The van der Waals surface area contributed by atoms with Crippen LogP contribution in [0, 0.1) is 0 Å². The van der Waals surface area contributed by atoms with Crippen molar-refractivity contribution < 1.29 is 122 Å². The number of unbranched alkanes of at least 4 members (excludes halogenated alkanes) is 10. The number of carbonyl (C=O) groups excluding carboxylic acids is 9. The molecule has 614 valence electrons. The molecule has 0 aromatic rings. The maximum absolute atomic E-state index is 14.5. The van der Waals surface area contributed by atoms with E-state index in [1.165, 1.54) is 27.7 Å². The van der Waals surface area contributed by atoms with Gasteiger partial charge in [0.25, 0.3) is 0 Å². The van der Waals surface area contributed by atoms with E-state index in [9.17, 15) is 89.1 Å². The second-order valence-corrected chi connectivity index (χ2v) is 29.4. The zero-order chi connectivity index (χ0) is 78.8. The molecule has 106 heavy (non-hydrogen) atoms. The third-order valence-corrected chi connectivity index (χ3v) is 18.5. The van der Waals surface area contributed by atoms with Crippen LogP contribution in [-0.2, 0) is 76.3 Å². The Hall–Kier alpha value is -5.41. The van der Waals surface area contributed by atoms with Crippen LogP contribution in [0.5, 0.6) is 0 Å². The fourth-order valence-corrected chi connectivity index (χ4v) is 12.8. The number of aliphatic hydroxyl groups is 9. The Bertz CT molecular complexity index is 2580. The molecule has 3 fully saturated rings. The first-order valence-corrected chi connectivity index (χ1v) is 38.2. The van der Waals surface area contributed by atoms with Crippen LogP contribution in [0.15, 0.2) is 0 Å². The van der Waals surface area contributed by atoms with Crippen LogP contribution in [0.3, 0.4) is 0 Å². The van der Waals surface area contributed by atoms with Crippen molar-refractivity contribution in [1.29, 1.82) is 0 Å². The molecule has 3 rings (SSSR count). The van der Waals surface area contributed by atoms with Crippen LogP contribution in [0.25, 0.3) is 0 Å². The summed E-state index contributed by atoms with van der Waals surface area (Å²) in [4.78, 5) is 117. The molecule has 2 saturated heterocycles. The summed E-state index contributed by atoms with van der Waals surface area (Å²) >= 11 is 0. The lowest BCUT2D eigenvalue weighted by atomic mass is 9.87. The normalized spacial score (nSPS) is 23.0. The molecule has 9 amide bonds. The average Bonchev–Trinajstić information content (AvgIpc) is 0.812. The quantitative estimate of drug-likeness (QED) is 0.0257. The second-order valence-electron chi connectivity index (χ2n) is 29.4. The Balaban J connectivity index is 1.66. The van der Waals surface area contributed by atoms with Gasteiger partial charge in [-0.2, -0.15) is 0 Å². The van der Waals surface area contributed by atoms with Gasteiger partial charge in [-0.05, 0) is 150 Å². The maximum Gasteiger partial charge on any atom is 0.243 e. The standard InChI is InChI=1S/C72H131N9O25/c1-45(86)53(41-83)103-68(52(40-82)76-46(2)87)100-37-22-12-16-32-58(92)79-51(29-18-21-35-74-57(91)31-15-11-24-39-102-70-61(78-48(4)89)65(97)63(95)55(43-85)105-70)67(99)80-50(66(98)75-36-19-9-13-33-59(93)81-71(5,6)44-72(7,8)106-49-26-25-27-49)28-17-20-34-73-56(90)30-14-10-23-38-101-69-60(77-47(3)88)64(96)62(94)54(42-84)104-69/h45,49-55,60-65,68-70,82-86,94-97H,9-44H2,1-8H3,(H,73,90)(H,74,91)(H,75,98)(H,76,87)(H,77,88)(H,78,89)(H,79,92)(H,80,99)(H,81,93)/t45-,50?,51?,52+,53?,54?,55?,60?,61?,62?,63?,64?,65?,68?,69?,70?/m1/s1. The molecule has 0 bridgehead atoms. The number of nitrogens with one attached hydrogen (secondary N) is 9. The Morgan fingerprint density at radius 1 is 0.500 bits per heavy atom. The van der Waals surface area contributed by atoms with Gasteiger partial charge in [-0.1, -0.05) is 25.7 Å². The zero-order valence-electron chi connectivity index (χ0n) is 63.8. The van der Waals surface area contributed by atoms with E-state index in [1.54, 1.807) is 0 Å². The smallest absolute Gasteiger partial charge is 0.243 e. The van der Waals surface area contributed by atoms with Crippen LogP contribution in [0.2, 0.25) is 0 Å². The van der Waals surface area contributed by atoms with E-state index in [4.69, 9.17) is 33.2 Å². The molecule has 2 heterocycles. The van der Waals surface area contributed by atoms with Crippen molar-refractivity contribution in [2.24, 2.45) is 0 Å². The first-order valence-electron chi connectivity index (χ1n) is 38.2. The van der Waals surface area contributed by atoms with Gasteiger partial charge in [0.1, 0.15) is 72.9 Å². The minimum absolute atomic E-state index is 0.0198. The highest BCUT2D eigenvalue weighted by molar-refractivity contribution is 5.92. The molecule has 16 atom stereocenters. The Labute approximate surface area is 624 Å². The van der Waals surface area contributed by atoms with Gasteiger partial charge in [0, 0.05) is 91.4 Å². The van der Waals surface area contributed by atoms with Crippen molar-refractivity contribution in [2.45, 2.75) is 337 Å². The molecule has 14 unspecified atom stereocenters. The molecule has 3 aliphatic rings. The minimum Gasteiger partial charge on any atom is -0.394 e. The Morgan fingerprint density at radius 3 is 1.40 bits per heavy atom. The monoisotopic (exact) mass is 1520 g/mol. The lowest BCUT2D eigenvalue weighted by molar-refractivity contribution is -0.270. The van der Waals surface area contributed by atoms with E-state index in [2.05, 4.69) is 47.9 Å². The van der Waals surface area contributed by atoms with Crippen LogP contribution < -0.4 is 47.9 Å². The fraction of sp³-hybridized carbons (Fsp3) is 0.875. The lowest BCUT2D eigenvalue weighted by Crippen LogP contribution is -2.64. The summed E-state index contributed by atoms with van der Waals surface area (Å²) in [5.74, 6) is -3.55. The first-order chi connectivity index (χ1) is 50.3. The molecular weight excluding hydrogens is 1390 g/mol. The van der Waals surface area contributed by atoms with Crippen LogP contribution in [-0.4, -0.2) is 280 Å². The zero-order valence-corrected chi connectivity index (χ0v) is 63.8. The van der Waals surface area contributed by atoms with Crippen molar-refractivity contribution in [3.63, 3.8) is 0 Å². The molecule has 34 nitrogen and oxygen atoms in total. The van der Waals surface area contributed by atoms with Crippen molar-refractivity contribution in [3.05, 3.63) is 0 Å². The fourth-order valence-electron chi connectivity index (χ4n) is 12.8. The van der Waals surface area contributed by atoms with Gasteiger partial charge in [-0.25, -0.2) is 0 Å². The molecule has 2 aliphatic heterocycles. The van der Waals surface area contributed by atoms with Gasteiger partial charge in [0.05, 0.1) is 44.2 Å². The summed E-state index contributed by atoms with van der Waals surface area (Å²) in [6.45, 7) is 11.9. The highest BCUT2D eigenvalue weighted by atomic mass is 16.7. The number of hydrogen-bond donors (Lipinski definition) is 18. The lowest BCUT2D eigenvalue weighted by Gasteiger charge is -2.42. The van der Waals surface area contributed by atoms with Gasteiger partial charge in [-0.15, -0.1) is 0 Å². The number of ether oxygens (including phenoxy) is 7. The molecule has 0 spiro atoms. The van der Waals surface area contributed by atoms with E-state index in [0.29, 0.717) is 109 Å². The third-order valence-electron chi connectivity index (χ3n) is 18.5. The third kappa shape index (κ3) is 38.3. The second kappa shape index (κ2) is 51.9.